The molecule has 1 aromatic carbocycles. The molecule has 0 unspecified atom stereocenters. The van der Waals surface area contributed by atoms with E-state index in [-0.39, 0.29) is 0 Å². The van der Waals surface area contributed by atoms with Crippen LogP contribution in [0.4, 0.5) is 0 Å². The van der Waals surface area contributed by atoms with E-state index in [9.17, 15) is 0 Å². The number of benzene rings is 1. The maximum atomic E-state index is 5.70. The second-order valence-corrected chi connectivity index (χ2v) is 5.25. The molecule has 19 heavy (non-hydrogen) atoms. The molecule has 1 aromatic rings. The zero-order chi connectivity index (χ0) is 13.3. The van der Waals surface area contributed by atoms with Gasteiger partial charge in [0.25, 0.3) is 0 Å². The van der Waals surface area contributed by atoms with Crippen LogP contribution in [0.25, 0.3) is 0 Å². The summed E-state index contributed by atoms with van der Waals surface area (Å²) in [6.45, 7) is 3.10. The topological polar surface area (TPSA) is 30.5 Å². The molecule has 0 amide bonds. The van der Waals surface area contributed by atoms with Gasteiger partial charge in [-0.05, 0) is 43.5 Å². The second-order valence-electron chi connectivity index (χ2n) is 5.25. The quantitative estimate of drug-likeness (QED) is 0.731. The number of rotatable bonds is 8. The molecule has 3 nitrogen and oxygen atoms in total. The van der Waals surface area contributed by atoms with E-state index in [1.54, 1.807) is 0 Å². The molecule has 0 bridgehead atoms. The Bertz CT molecular complexity index is 362. The minimum absolute atomic E-state index is 0.635. The van der Waals surface area contributed by atoms with Gasteiger partial charge in [0, 0.05) is 13.2 Å². The van der Waals surface area contributed by atoms with E-state index in [0.29, 0.717) is 13.2 Å². The molecule has 0 spiro atoms. The highest BCUT2D eigenvalue weighted by Crippen LogP contribution is 2.24. The van der Waals surface area contributed by atoms with Gasteiger partial charge in [-0.3, -0.25) is 0 Å². The second kappa shape index (κ2) is 8.18. The first-order valence-electron chi connectivity index (χ1n) is 7.32. The minimum Gasteiger partial charge on any atom is -0.491 e. The number of ether oxygens (including phenoxy) is 2. The predicted molar refractivity (Wildman–Crippen MR) is 77.5 cm³/mol. The van der Waals surface area contributed by atoms with E-state index in [4.69, 9.17) is 9.47 Å². The number of hydrogen-bond acceptors (Lipinski definition) is 3. The highest BCUT2D eigenvalue weighted by molar-refractivity contribution is 5.28. The Morgan fingerprint density at radius 2 is 2.05 bits per heavy atom. The molecule has 0 radical (unpaired) electrons. The van der Waals surface area contributed by atoms with Crippen LogP contribution in [0.2, 0.25) is 0 Å². The van der Waals surface area contributed by atoms with Gasteiger partial charge in [-0.1, -0.05) is 25.0 Å². The largest absolute Gasteiger partial charge is 0.491 e. The monoisotopic (exact) mass is 263 g/mol. The summed E-state index contributed by atoms with van der Waals surface area (Å²) in [7, 11) is 1.95. The Balaban J connectivity index is 1.60. The summed E-state index contributed by atoms with van der Waals surface area (Å²) >= 11 is 0. The molecule has 0 heterocycles. The van der Waals surface area contributed by atoms with Crippen LogP contribution in [-0.4, -0.2) is 26.9 Å². The molecule has 2 rings (SSSR count). The maximum Gasteiger partial charge on any atom is 0.119 e. The molecule has 3 heteroatoms. The van der Waals surface area contributed by atoms with Gasteiger partial charge in [-0.15, -0.1) is 0 Å². The molecule has 1 fully saturated rings. The number of hydrogen-bond donors (Lipinski definition) is 1. The third kappa shape index (κ3) is 5.21. The molecule has 1 saturated carbocycles. The lowest BCUT2D eigenvalue weighted by atomic mass is 10.1. The fraction of sp³-hybridized carbons (Fsp3) is 0.625. The Morgan fingerprint density at radius 1 is 1.21 bits per heavy atom. The Labute approximate surface area is 116 Å². The van der Waals surface area contributed by atoms with Gasteiger partial charge in [0.05, 0.1) is 6.61 Å². The third-order valence-corrected chi connectivity index (χ3v) is 3.60. The van der Waals surface area contributed by atoms with Gasteiger partial charge in [0.1, 0.15) is 12.4 Å². The number of nitrogens with one attached hydrogen (secondary N) is 1. The van der Waals surface area contributed by atoms with Gasteiger partial charge in [-0.25, -0.2) is 0 Å². The SMILES string of the molecule is CNCc1cccc(OCCOCC2CCCC2)c1. The normalized spacial score (nSPS) is 15.8. The average Bonchev–Trinajstić information content (AvgIpc) is 2.92. The predicted octanol–water partition coefficient (Wildman–Crippen LogP) is 2.99. The maximum absolute atomic E-state index is 5.70. The van der Waals surface area contributed by atoms with Crippen molar-refractivity contribution in [2.24, 2.45) is 5.92 Å². The molecule has 106 valence electrons. The van der Waals surface area contributed by atoms with Crippen LogP contribution in [0.1, 0.15) is 31.2 Å². The lowest BCUT2D eigenvalue weighted by molar-refractivity contribution is 0.0754. The van der Waals surface area contributed by atoms with Crippen LogP contribution < -0.4 is 10.1 Å². The van der Waals surface area contributed by atoms with Crippen molar-refractivity contribution in [3.05, 3.63) is 29.8 Å². The van der Waals surface area contributed by atoms with Gasteiger partial charge in [0.2, 0.25) is 0 Å². The van der Waals surface area contributed by atoms with Crippen LogP contribution in [-0.2, 0) is 11.3 Å². The van der Waals surface area contributed by atoms with Crippen LogP contribution >= 0.6 is 0 Å². The third-order valence-electron chi connectivity index (χ3n) is 3.60. The summed E-state index contributed by atoms with van der Waals surface area (Å²) in [5, 5.41) is 3.14. The first kappa shape index (κ1) is 14.4. The van der Waals surface area contributed by atoms with Crippen LogP contribution in [0.5, 0.6) is 5.75 Å². The van der Waals surface area contributed by atoms with E-state index >= 15 is 0 Å². The van der Waals surface area contributed by atoms with Crippen molar-refractivity contribution in [3.8, 4) is 5.75 Å². The van der Waals surface area contributed by atoms with E-state index < -0.39 is 0 Å². The zero-order valence-electron chi connectivity index (χ0n) is 11.9. The summed E-state index contributed by atoms with van der Waals surface area (Å²) in [5.41, 5.74) is 1.24. The molecular formula is C16H25NO2. The molecule has 1 aliphatic carbocycles. The zero-order valence-corrected chi connectivity index (χ0v) is 11.9. The van der Waals surface area contributed by atoms with E-state index in [0.717, 1.165) is 24.8 Å². The lowest BCUT2D eigenvalue weighted by Gasteiger charge is -2.11. The van der Waals surface area contributed by atoms with Crippen LogP contribution in [0, 0.1) is 5.92 Å². The van der Waals surface area contributed by atoms with Crippen molar-refractivity contribution in [1.82, 2.24) is 5.32 Å². The molecule has 0 atom stereocenters. The molecule has 0 aliphatic heterocycles. The molecular weight excluding hydrogens is 238 g/mol. The minimum atomic E-state index is 0.635. The van der Waals surface area contributed by atoms with E-state index in [1.807, 2.05) is 19.2 Å². The summed E-state index contributed by atoms with van der Waals surface area (Å²) in [6, 6.07) is 8.20. The van der Waals surface area contributed by atoms with Gasteiger partial charge in [0.15, 0.2) is 0 Å². The van der Waals surface area contributed by atoms with Crippen molar-refractivity contribution in [2.75, 3.05) is 26.9 Å². The fourth-order valence-electron chi connectivity index (χ4n) is 2.59. The Kier molecular flexibility index (Phi) is 6.18. The van der Waals surface area contributed by atoms with Crippen LogP contribution in [0.15, 0.2) is 24.3 Å². The summed E-state index contributed by atoms with van der Waals surface area (Å²) in [5.74, 6) is 1.72. The van der Waals surface area contributed by atoms with Gasteiger partial charge in [-0.2, -0.15) is 0 Å². The van der Waals surface area contributed by atoms with E-state index in [1.165, 1.54) is 31.2 Å². The summed E-state index contributed by atoms with van der Waals surface area (Å²) < 4.78 is 11.4. The molecule has 0 saturated heterocycles. The Morgan fingerprint density at radius 3 is 2.84 bits per heavy atom. The van der Waals surface area contributed by atoms with Gasteiger partial charge < -0.3 is 14.8 Å². The molecule has 1 aliphatic rings. The van der Waals surface area contributed by atoms with Gasteiger partial charge >= 0.3 is 0 Å². The highest BCUT2D eigenvalue weighted by Gasteiger charge is 2.14. The standard InChI is InChI=1S/C16H25NO2/c1-17-12-15-7-4-8-16(11-15)19-10-9-18-13-14-5-2-3-6-14/h4,7-8,11,14,17H,2-3,5-6,9-10,12-13H2,1H3. The first-order chi connectivity index (χ1) is 9.38. The van der Waals surface area contributed by atoms with Crippen molar-refractivity contribution in [2.45, 2.75) is 32.2 Å². The molecule has 0 aromatic heterocycles. The lowest BCUT2D eigenvalue weighted by Crippen LogP contribution is -2.12. The van der Waals surface area contributed by atoms with Crippen molar-refractivity contribution >= 4 is 0 Å². The van der Waals surface area contributed by atoms with Crippen LogP contribution in [0.3, 0.4) is 0 Å². The average molecular weight is 263 g/mol. The Hall–Kier alpha value is -1.06. The van der Waals surface area contributed by atoms with E-state index in [2.05, 4.69) is 17.4 Å². The smallest absolute Gasteiger partial charge is 0.119 e. The molecule has 1 N–H and O–H groups in total. The summed E-state index contributed by atoms with van der Waals surface area (Å²) in [6.07, 6.45) is 5.44. The highest BCUT2D eigenvalue weighted by atomic mass is 16.5. The van der Waals surface area contributed by atoms with Crippen molar-refractivity contribution in [1.29, 1.82) is 0 Å². The fourth-order valence-corrected chi connectivity index (χ4v) is 2.59. The first-order valence-corrected chi connectivity index (χ1v) is 7.32. The van der Waals surface area contributed by atoms with Crippen molar-refractivity contribution in [3.63, 3.8) is 0 Å². The summed E-state index contributed by atoms with van der Waals surface area (Å²) in [4.78, 5) is 0. The van der Waals surface area contributed by atoms with Crippen molar-refractivity contribution < 1.29 is 9.47 Å².